The van der Waals surface area contributed by atoms with Crippen LogP contribution in [0.3, 0.4) is 0 Å². The molecule has 0 atom stereocenters. The van der Waals surface area contributed by atoms with Crippen LogP contribution in [0.25, 0.3) is 0 Å². The van der Waals surface area contributed by atoms with E-state index in [1.807, 2.05) is 0 Å². The van der Waals surface area contributed by atoms with E-state index in [2.05, 4.69) is 10.2 Å². The van der Waals surface area contributed by atoms with Crippen molar-refractivity contribution in [1.29, 1.82) is 0 Å². The molecular weight excluding hydrogens is 253 g/mol. The number of carbonyl (C=O) groups is 1. The Morgan fingerprint density at radius 2 is 2.06 bits per heavy atom. The van der Waals surface area contributed by atoms with Gasteiger partial charge < -0.3 is 9.84 Å². The maximum absolute atomic E-state index is 12.4. The van der Waals surface area contributed by atoms with Crippen molar-refractivity contribution in [3.8, 4) is 0 Å². The minimum atomic E-state index is -4.58. The van der Waals surface area contributed by atoms with Crippen LogP contribution in [0.5, 0.6) is 0 Å². The monoisotopic (exact) mass is 264 g/mol. The topological polar surface area (TPSA) is 75.2 Å². The fraction of sp³-hybridized carbons (Fsp3) is 0.600. The second-order valence-corrected chi connectivity index (χ2v) is 4.16. The molecule has 100 valence electrons. The molecule has 0 bridgehead atoms. The molecule has 1 aliphatic heterocycles. The summed E-state index contributed by atoms with van der Waals surface area (Å²) >= 11 is 0. The van der Waals surface area contributed by atoms with Gasteiger partial charge in [0.25, 0.3) is 0 Å². The third kappa shape index (κ3) is 2.07. The van der Waals surface area contributed by atoms with Crippen LogP contribution >= 0.6 is 0 Å². The van der Waals surface area contributed by atoms with Crippen molar-refractivity contribution >= 4 is 5.97 Å². The molecular formula is C10H11F3N2O3. The molecule has 1 saturated heterocycles. The molecule has 1 aromatic rings. The molecule has 2 N–H and O–H groups in total. The molecule has 0 aromatic carbocycles. The van der Waals surface area contributed by atoms with E-state index in [1.54, 1.807) is 0 Å². The predicted molar refractivity (Wildman–Crippen MR) is 53.0 cm³/mol. The smallest absolute Gasteiger partial charge is 0.435 e. The van der Waals surface area contributed by atoms with Crippen LogP contribution in [0.1, 0.15) is 24.2 Å². The van der Waals surface area contributed by atoms with E-state index >= 15 is 0 Å². The first-order chi connectivity index (χ1) is 8.36. The Labute approximate surface area is 99.9 Å². The Balaban J connectivity index is 2.38. The Morgan fingerprint density at radius 3 is 2.50 bits per heavy atom. The quantitative estimate of drug-likeness (QED) is 0.850. The lowest BCUT2D eigenvalue weighted by atomic mass is 9.77. The van der Waals surface area contributed by atoms with Gasteiger partial charge in [0, 0.05) is 13.2 Å². The van der Waals surface area contributed by atoms with Crippen LogP contribution in [0.2, 0.25) is 0 Å². The van der Waals surface area contributed by atoms with Crippen molar-refractivity contribution in [1.82, 2.24) is 10.2 Å². The Hall–Kier alpha value is -1.57. The molecule has 8 heteroatoms. The van der Waals surface area contributed by atoms with E-state index < -0.39 is 23.3 Å². The lowest BCUT2D eigenvalue weighted by Gasteiger charge is -2.31. The van der Waals surface area contributed by atoms with Crippen LogP contribution < -0.4 is 0 Å². The fourth-order valence-electron chi connectivity index (χ4n) is 2.03. The first-order valence-corrected chi connectivity index (χ1v) is 5.30. The number of alkyl halides is 3. The summed E-state index contributed by atoms with van der Waals surface area (Å²) in [7, 11) is 0. The number of ether oxygens (including phenoxy) is 1. The average Bonchev–Trinajstić information content (AvgIpc) is 2.79. The van der Waals surface area contributed by atoms with Gasteiger partial charge in [-0.05, 0) is 18.9 Å². The van der Waals surface area contributed by atoms with Crippen molar-refractivity contribution in [2.24, 2.45) is 0 Å². The number of hydrogen-bond acceptors (Lipinski definition) is 3. The highest BCUT2D eigenvalue weighted by Crippen LogP contribution is 2.36. The standard InChI is InChI=1S/C10H11F3N2O3/c11-10(12,13)7-5-6(14-15-7)9(8(16)17)1-3-18-4-2-9/h5H,1-4H2,(H,14,15)(H,16,17). The van der Waals surface area contributed by atoms with Gasteiger partial charge in [-0.2, -0.15) is 18.3 Å². The summed E-state index contributed by atoms with van der Waals surface area (Å²) in [4.78, 5) is 11.4. The number of carboxylic acids is 1. The van der Waals surface area contributed by atoms with Gasteiger partial charge in [0.15, 0.2) is 5.69 Å². The molecule has 2 rings (SSSR count). The lowest BCUT2D eigenvalue weighted by molar-refractivity contribution is -0.148. The average molecular weight is 264 g/mol. The van der Waals surface area contributed by atoms with E-state index in [-0.39, 0.29) is 31.7 Å². The number of halogens is 3. The van der Waals surface area contributed by atoms with Crippen LogP contribution in [-0.2, 0) is 21.1 Å². The van der Waals surface area contributed by atoms with E-state index in [0.717, 1.165) is 6.07 Å². The van der Waals surface area contributed by atoms with E-state index in [0.29, 0.717) is 0 Å². The lowest BCUT2D eigenvalue weighted by Crippen LogP contribution is -2.41. The fourth-order valence-corrected chi connectivity index (χ4v) is 2.03. The zero-order valence-corrected chi connectivity index (χ0v) is 9.25. The van der Waals surface area contributed by atoms with Gasteiger partial charge in [0.2, 0.25) is 0 Å². The molecule has 0 spiro atoms. The number of rotatable bonds is 2. The molecule has 0 aliphatic carbocycles. The number of nitrogens with one attached hydrogen (secondary N) is 1. The number of hydrogen-bond donors (Lipinski definition) is 2. The van der Waals surface area contributed by atoms with Gasteiger partial charge in [-0.3, -0.25) is 9.89 Å². The summed E-state index contributed by atoms with van der Waals surface area (Å²) in [5, 5.41) is 14.6. The van der Waals surface area contributed by atoms with Crippen LogP contribution in [0, 0.1) is 0 Å². The SMILES string of the molecule is O=C(O)C1(c2cc(C(F)(F)F)n[nH]2)CCOCC1. The van der Waals surface area contributed by atoms with Crippen LogP contribution in [0.4, 0.5) is 13.2 Å². The number of carboxylic acid groups (broad SMARTS) is 1. The van der Waals surface area contributed by atoms with E-state index in [1.165, 1.54) is 0 Å². The molecule has 1 fully saturated rings. The molecule has 5 nitrogen and oxygen atoms in total. The van der Waals surface area contributed by atoms with Gasteiger partial charge in [-0.25, -0.2) is 0 Å². The Bertz CT molecular complexity index is 449. The minimum Gasteiger partial charge on any atom is -0.481 e. The highest BCUT2D eigenvalue weighted by Gasteiger charge is 2.45. The van der Waals surface area contributed by atoms with Crippen molar-refractivity contribution in [2.45, 2.75) is 24.4 Å². The van der Waals surface area contributed by atoms with Crippen molar-refractivity contribution in [3.63, 3.8) is 0 Å². The normalized spacial score (nSPS) is 19.7. The highest BCUT2D eigenvalue weighted by molar-refractivity contribution is 5.80. The molecule has 2 heterocycles. The Morgan fingerprint density at radius 1 is 1.44 bits per heavy atom. The van der Waals surface area contributed by atoms with Crippen LogP contribution in [-0.4, -0.2) is 34.5 Å². The number of nitrogens with zero attached hydrogens (tertiary/aromatic N) is 1. The van der Waals surface area contributed by atoms with Crippen molar-refractivity contribution in [2.75, 3.05) is 13.2 Å². The summed E-state index contributed by atoms with van der Waals surface area (Å²) in [6.07, 6.45) is -4.33. The highest BCUT2D eigenvalue weighted by atomic mass is 19.4. The van der Waals surface area contributed by atoms with Crippen molar-refractivity contribution < 1.29 is 27.8 Å². The molecule has 0 saturated carbocycles. The zero-order valence-electron chi connectivity index (χ0n) is 9.25. The second kappa shape index (κ2) is 4.27. The van der Waals surface area contributed by atoms with E-state index in [4.69, 9.17) is 4.74 Å². The zero-order chi connectivity index (χ0) is 13.4. The summed E-state index contributed by atoms with van der Waals surface area (Å²) in [5.41, 5.74) is -2.50. The third-order valence-corrected chi connectivity index (χ3v) is 3.14. The summed E-state index contributed by atoms with van der Waals surface area (Å²) < 4.78 is 42.4. The maximum Gasteiger partial charge on any atom is 0.435 e. The molecule has 0 unspecified atom stereocenters. The van der Waals surface area contributed by atoms with Gasteiger partial charge in [-0.15, -0.1) is 0 Å². The number of aromatic amines is 1. The van der Waals surface area contributed by atoms with Crippen molar-refractivity contribution in [3.05, 3.63) is 17.5 Å². The first kappa shape index (κ1) is 12.9. The number of aliphatic carboxylic acids is 1. The predicted octanol–water partition coefficient (Wildman–Crippen LogP) is 1.56. The van der Waals surface area contributed by atoms with E-state index in [9.17, 15) is 23.1 Å². The van der Waals surface area contributed by atoms with Crippen LogP contribution in [0.15, 0.2) is 6.07 Å². The second-order valence-electron chi connectivity index (χ2n) is 4.16. The largest absolute Gasteiger partial charge is 0.481 e. The van der Waals surface area contributed by atoms with Gasteiger partial charge >= 0.3 is 12.1 Å². The molecule has 0 radical (unpaired) electrons. The summed E-state index contributed by atoms with van der Waals surface area (Å²) in [6.45, 7) is 0.402. The number of aromatic nitrogens is 2. The third-order valence-electron chi connectivity index (χ3n) is 3.14. The number of H-pyrrole nitrogens is 1. The summed E-state index contributed by atoms with van der Waals surface area (Å²) in [5.74, 6) is -1.16. The van der Waals surface area contributed by atoms with Gasteiger partial charge in [-0.1, -0.05) is 0 Å². The van der Waals surface area contributed by atoms with Gasteiger partial charge in [0.1, 0.15) is 5.41 Å². The molecule has 1 aromatic heterocycles. The first-order valence-electron chi connectivity index (χ1n) is 5.30. The minimum absolute atomic E-state index is 0.0226. The summed E-state index contributed by atoms with van der Waals surface area (Å²) in [6, 6.07) is 0.763. The molecule has 0 amide bonds. The van der Waals surface area contributed by atoms with Gasteiger partial charge in [0.05, 0.1) is 5.69 Å². The Kier molecular flexibility index (Phi) is 3.05. The molecule has 1 aliphatic rings. The molecule has 18 heavy (non-hydrogen) atoms. The maximum atomic E-state index is 12.4.